The summed E-state index contributed by atoms with van der Waals surface area (Å²) >= 11 is 0. The highest BCUT2D eigenvalue weighted by Crippen LogP contribution is 2.11. The van der Waals surface area contributed by atoms with Gasteiger partial charge in [-0.15, -0.1) is 0 Å². The highest BCUT2D eigenvalue weighted by atomic mass is 19.1. The largest absolute Gasteiger partial charge is 0.340 e. The van der Waals surface area contributed by atoms with Crippen LogP contribution in [0.15, 0.2) is 36.5 Å². The number of carbonyl (C=O) groups excluding carboxylic acids is 1. The smallest absolute Gasteiger partial charge is 0.224 e. The molecule has 0 saturated carbocycles. The zero-order valence-corrected chi connectivity index (χ0v) is 14.0. The van der Waals surface area contributed by atoms with Crippen LogP contribution >= 0.6 is 0 Å². The van der Waals surface area contributed by atoms with Crippen molar-refractivity contribution in [3.63, 3.8) is 0 Å². The molecule has 6 heteroatoms. The number of nitrogens with zero attached hydrogens (tertiary/aromatic N) is 4. The van der Waals surface area contributed by atoms with Crippen molar-refractivity contribution in [1.29, 1.82) is 0 Å². The van der Waals surface area contributed by atoms with E-state index in [1.807, 2.05) is 34.8 Å². The van der Waals surface area contributed by atoms with Gasteiger partial charge in [-0.05, 0) is 30.7 Å². The SMILES string of the molecule is Cc1ccn(CCC(=O)N2CCN(Cc3cccc(F)c3)CC2)n1. The summed E-state index contributed by atoms with van der Waals surface area (Å²) < 4.78 is 15.0. The number of aryl methyl sites for hydroxylation is 2. The number of halogens is 1. The van der Waals surface area contributed by atoms with E-state index >= 15 is 0 Å². The second kappa shape index (κ2) is 7.57. The van der Waals surface area contributed by atoms with Gasteiger partial charge in [-0.25, -0.2) is 4.39 Å². The Morgan fingerprint density at radius 2 is 2.00 bits per heavy atom. The zero-order chi connectivity index (χ0) is 16.9. The lowest BCUT2D eigenvalue weighted by atomic mass is 10.2. The minimum absolute atomic E-state index is 0.175. The third-order valence-electron chi connectivity index (χ3n) is 4.35. The van der Waals surface area contributed by atoms with Crippen molar-refractivity contribution in [2.45, 2.75) is 26.4 Å². The van der Waals surface area contributed by atoms with Crippen LogP contribution < -0.4 is 0 Å². The Bertz CT molecular complexity index is 692. The number of hydrogen-bond acceptors (Lipinski definition) is 3. The van der Waals surface area contributed by atoms with Crippen LogP contribution in [0.5, 0.6) is 0 Å². The maximum absolute atomic E-state index is 13.2. The first-order chi connectivity index (χ1) is 11.6. The van der Waals surface area contributed by atoms with Gasteiger partial charge in [0.25, 0.3) is 0 Å². The molecule has 0 bridgehead atoms. The number of hydrogen-bond donors (Lipinski definition) is 0. The van der Waals surface area contributed by atoms with Crippen LogP contribution in [0.4, 0.5) is 4.39 Å². The number of piperazine rings is 1. The van der Waals surface area contributed by atoms with Gasteiger partial charge in [0, 0.05) is 51.9 Å². The molecule has 0 unspecified atom stereocenters. The number of carbonyl (C=O) groups is 1. The Hall–Kier alpha value is -2.21. The van der Waals surface area contributed by atoms with Crippen molar-refractivity contribution < 1.29 is 9.18 Å². The van der Waals surface area contributed by atoms with Crippen molar-refractivity contribution in [1.82, 2.24) is 19.6 Å². The van der Waals surface area contributed by atoms with E-state index in [0.29, 0.717) is 13.0 Å². The van der Waals surface area contributed by atoms with E-state index in [-0.39, 0.29) is 11.7 Å². The summed E-state index contributed by atoms with van der Waals surface area (Å²) in [5, 5.41) is 4.30. The molecule has 128 valence electrons. The molecular formula is C18H23FN4O. The maximum Gasteiger partial charge on any atom is 0.224 e. The molecule has 1 aromatic heterocycles. The molecule has 1 aliphatic rings. The third kappa shape index (κ3) is 4.41. The number of amides is 1. The summed E-state index contributed by atoms with van der Waals surface area (Å²) in [4.78, 5) is 16.5. The van der Waals surface area contributed by atoms with Crippen LogP contribution in [0.25, 0.3) is 0 Å². The van der Waals surface area contributed by atoms with Gasteiger partial charge in [-0.1, -0.05) is 12.1 Å². The molecule has 0 spiro atoms. The minimum atomic E-state index is -0.199. The third-order valence-corrected chi connectivity index (χ3v) is 4.35. The summed E-state index contributed by atoms with van der Waals surface area (Å²) in [6.45, 7) is 6.39. The van der Waals surface area contributed by atoms with Crippen LogP contribution in [-0.4, -0.2) is 51.7 Å². The predicted octanol–water partition coefficient (Wildman–Crippen LogP) is 2.07. The summed E-state index contributed by atoms with van der Waals surface area (Å²) in [7, 11) is 0. The minimum Gasteiger partial charge on any atom is -0.340 e. The van der Waals surface area contributed by atoms with E-state index in [1.165, 1.54) is 6.07 Å². The van der Waals surface area contributed by atoms with Crippen molar-refractivity contribution in [3.05, 3.63) is 53.6 Å². The van der Waals surface area contributed by atoms with Crippen LogP contribution in [0.2, 0.25) is 0 Å². The van der Waals surface area contributed by atoms with Gasteiger partial charge in [0.15, 0.2) is 0 Å². The molecule has 5 nitrogen and oxygen atoms in total. The van der Waals surface area contributed by atoms with E-state index in [2.05, 4.69) is 10.00 Å². The van der Waals surface area contributed by atoms with Gasteiger partial charge in [-0.3, -0.25) is 14.4 Å². The first-order valence-corrected chi connectivity index (χ1v) is 8.35. The van der Waals surface area contributed by atoms with Crippen molar-refractivity contribution >= 4 is 5.91 Å². The van der Waals surface area contributed by atoms with Gasteiger partial charge in [-0.2, -0.15) is 5.10 Å². The number of aromatic nitrogens is 2. The summed E-state index contributed by atoms with van der Waals surface area (Å²) in [5.41, 5.74) is 1.94. The Morgan fingerprint density at radius 1 is 1.21 bits per heavy atom. The molecule has 3 rings (SSSR count). The Labute approximate surface area is 141 Å². The molecule has 24 heavy (non-hydrogen) atoms. The van der Waals surface area contributed by atoms with Gasteiger partial charge in [0.1, 0.15) is 5.82 Å². The van der Waals surface area contributed by atoms with Crippen LogP contribution in [0, 0.1) is 12.7 Å². The van der Waals surface area contributed by atoms with E-state index in [0.717, 1.165) is 44.0 Å². The van der Waals surface area contributed by atoms with Crippen molar-refractivity contribution in [3.8, 4) is 0 Å². The second-order valence-corrected chi connectivity index (χ2v) is 6.26. The lowest BCUT2D eigenvalue weighted by Crippen LogP contribution is -2.48. The van der Waals surface area contributed by atoms with Crippen LogP contribution in [-0.2, 0) is 17.9 Å². The van der Waals surface area contributed by atoms with Crippen LogP contribution in [0.1, 0.15) is 17.7 Å². The molecule has 1 amide bonds. The monoisotopic (exact) mass is 330 g/mol. The quantitative estimate of drug-likeness (QED) is 0.843. The highest BCUT2D eigenvalue weighted by Gasteiger charge is 2.21. The lowest BCUT2D eigenvalue weighted by Gasteiger charge is -2.34. The fraction of sp³-hybridized carbons (Fsp3) is 0.444. The fourth-order valence-electron chi connectivity index (χ4n) is 3.00. The molecule has 0 radical (unpaired) electrons. The van der Waals surface area contributed by atoms with E-state index < -0.39 is 0 Å². The van der Waals surface area contributed by atoms with Crippen molar-refractivity contribution in [2.75, 3.05) is 26.2 Å². The van der Waals surface area contributed by atoms with Crippen molar-refractivity contribution in [2.24, 2.45) is 0 Å². The molecule has 1 saturated heterocycles. The molecule has 1 fully saturated rings. The molecule has 0 aliphatic carbocycles. The van der Waals surface area contributed by atoms with E-state index in [1.54, 1.807) is 12.1 Å². The predicted molar refractivity (Wildman–Crippen MR) is 89.8 cm³/mol. The Balaban J connectivity index is 1.43. The maximum atomic E-state index is 13.2. The van der Waals surface area contributed by atoms with E-state index in [9.17, 15) is 9.18 Å². The molecule has 0 N–H and O–H groups in total. The average Bonchev–Trinajstić information content (AvgIpc) is 2.99. The normalized spacial score (nSPS) is 15.7. The first kappa shape index (κ1) is 16.6. The number of rotatable bonds is 5. The topological polar surface area (TPSA) is 41.4 Å². The Kier molecular flexibility index (Phi) is 5.25. The zero-order valence-electron chi connectivity index (χ0n) is 14.0. The highest BCUT2D eigenvalue weighted by molar-refractivity contribution is 5.76. The molecular weight excluding hydrogens is 307 g/mol. The molecule has 0 atom stereocenters. The molecule has 1 aliphatic heterocycles. The van der Waals surface area contributed by atoms with Gasteiger partial charge < -0.3 is 4.90 Å². The fourth-order valence-corrected chi connectivity index (χ4v) is 3.00. The molecule has 2 aromatic rings. The summed E-state index contributed by atoms with van der Waals surface area (Å²) in [6.07, 6.45) is 2.38. The Morgan fingerprint density at radius 3 is 2.67 bits per heavy atom. The molecule has 1 aromatic carbocycles. The van der Waals surface area contributed by atoms with Gasteiger partial charge >= 0.3 is 0 Å². The van der Waals surface area contributed by atoms with Crippen LogP contribution in [0.3, 0.4) is 0 Å². The van der Waals surface area contributed by atoms with Gasteiger partial charge in [0.05, 0.1) is 5.69 Å². The standard InChI is InChI=1S/C18H23FN4O/c1-15-5-7-23(20-15)8-6-18(24)22-11-9-21(10-12-22)14-16-3-2-4-17(19)13-16/h2-5,7,13H,6,8-12,14H2,1H3. The summed E-state index contributed by atoms with van der Waals surface area (Å²) in [5.74, 6) is -0.0243. The van der Waals surface area contributed by atoms with Gasteiger partial charge in [0.2, 0.25) is 5.91 Å². The lowest BCUT2D eigenvalue weighted by molar-refractivity contribution is -0.133. The number of benzene rings is 1. The first-order valence-electron chi connectivity index (χ1n) is 8.35. The second-order valence-electron chi connectivity index (χ2n) is 6.26. The van der Waals surface area contributed by atoms with E-state index in [4.69, 9.17) is 0 Å². The molecule has 2 heterocycles. The average molecular weight is 330 g/mol. The summed E-state index contributed by atoms with van der Waals surface area (Å²) in [6, 6.07) is 8.65.